The fraction of sp³-hybridized carbons (Fsp3) is 0.455. The number of amides is 1. The summed E-state index contributed by atoms with van der Waals surface area (Å²) in [5.41, 5.74) is 2.40. The number of fused-ring (bicyclic) bond motifs is 1. The highest BCUT2D eigenvalue weighted by molar-refractivity contribution is 5.79. The summed E-state index contributed by atoms with van der Waals surface area (Å²) < 4.78 is 6.09. The molecular weight excluding hydrogens is 324 g/mol. The highest BCUT2D eigenvalue weighted by atomic mass is 16.5. The summed E-state index contributed by atoms with van der Waals surface area (Å²) >= 11 is 0. The lowest BCUT2D eigenvalue weighted by Gasteiger charge is -2.28. The number of benzene rings is 1. The summed E-state index contributed by atoms with van der Waals surface area (Å²) in [4.78, 5) is 18.9. The average molecular weight is 350 g/mol. The van der Waals surface area contributed by atoms with E-state index in [4.69, 9.17) is 4.74 Å². The third kappa shape index (κ3) is 3.65. The zero-order valence-electron chi connectivity index (χ0n) is 15.1. The van der Waals surface area contributed by atoms with Gasteiger partial charge in [-0.15, -0.1) is 0 Å². The third-order valence-electron chi connectivity index (χ3n) is 6.00. The normalized spacial score (nSPS) is 24.6. The predicted octanol–water partition coefficient (Wildman–Crippen LogP) is 3.47. The number of rotatable bonds is 6. The van der Waals surface area contributed by atoms with Gasteiger partial charge < -0.3 is 9.64 Å². The van der Waals surface area contributed by atoms with Crippen LogP contribution in [0, 0.1) is 11.3 Å². The first kappa shape index (κ1) is 17.2. The number of nitrogens with zero attached hydrogens (tertiary/aromatic N) is 2. The van der Waals surface area contributed by atoms with E-state index < -0.39 is 0 Å². The van der Waals surface area contributed by atoms with Crippen LogP contribution >= 0.6 is 0 Å². The molecule has 2 fully saturated rings. The molecule has 136 valence electrons. The van der Waals surface area contributed by atoms with E-state index in [9.17, 15) is 4.79 Å². The number of likely N-dealkylation sites (tertiary alicyclic amines) is 1. The highest BCUT2D eigenvalue weighted by Gasteiger charge is 2.50. The van der Waals surface area contributed by atoms with Gasteiger partial charge >= 0.3 is 0 Å². The molecule has 0 spiro atoms. The fourth-order valence-electron chi connectivity index (χ4n) is 4.57. The molecule has 4 heteroatoms. The maximum atomic E-state index is 12.8. The number of carbonyl (C=O) groups is 1. The molecule has 0 unspecified atom stereocenters. The van der Waals surface area contributed by atoms with Crippen LogP contribution in [0.5, 0.6) is 0 Å². The summed E-state index contributed by atoms with van der Waals surface area (Å²) in [6, 6.07) is 14.0. The van der Waals surface area contributed by atoms with Crippen LogP contribution in [0.4, 0.5) is 0 Å². The van der Waals surface area contributed by atoms with E-state index in [1.807, 2.05) is 42.5 Å². The van der Waals surface area contributed by atoms with Crippen LogP contribution < -0.4 is 0 Å². The van der Waals surface area contributed by atoms with Gasteiger partial charge in [0, 0.05) is 30.9 Å². The first-order valence-corrected chi connectivity index (χ1v) is 9.54. The SMILES string of the molecule is O=C(Cc1ccccc1)N1C[C@@H]2CCC[C@]2(COCc2ccncc2)C1. The molecule has 2 aromatic rings. The Morgan fingerprint density at radius 2 is 1.96 bits per heavy atom. The Kier molecular flexibility index (Phi) is 5.02. The van der Waals surface area contributed by atoms with Crippen molar-refractivity contribution in [3.05, 3.63) is 66.0 Å². The number of ether oxygens (including phenoxy) is 1. The van der Waals surface area contributed by atoms with Crippen LogP contribution in [0.25, 0.3) is 0 Å². The van der Waals surface area contributed by atoms with Gasteiger partial charge in [-0.3, -0.25) is 9.78 Å². The topological polar surface area (TPSA) is 42.4 Å². The molecule has 2 aliphatic rings. The van der Waals surface area contributed by atoms with Gasteiger partial charge in [-0.05, 0) is 42.0 Å². The van der Waals surface area contributed by atoms with Crippen molar-refractivity contribution in [2.45, 2.75) is 32.3 Å². The molecule has 4 rings (SSSR count). The molecule has 2 heterocycles. The van der Waals surface area contributed by atoms with Gasteiger partial charge in [0.25, 0.3) is 0 Å². The summed E-state index contributed by atoms with van der Waals surface area (Å²) in [5, 5.41) is 0. The zero-order chi connectivity index (χ0) is 17.8. The molecule has 1 saturated heterocycles. The molecule has 2 atom stereocenters. The van der Waals surface area contributed by atoms with Crippen LogP contribution in [0.2, 0.25) is 0 Å². The van der Waals surface area contributed by atoms with Gasteiger partial charge in [0.15, 0.2) is 0 Å². The molecule has 1 aromatic carbocycles. The molecule has 0 N–H and O–H groups in total. The van der Waals surface area contributed by atoms with E-state index in [1.54, 1.807) is 12.4 Å². The van der Waals surface area contributed by atoms with Gasteiger partial charge in [0.2, 0.25) is 5.91 Å². The Bertz CT molecular complexity index is 734. The van der Waals surface area contributed by atoms with Crippen LogP contribution in [0.1, 0.15) is 30.4 Å². The average Bonchev–Trinajstić information content (AvgIpc) is 3.21. The number of hydrogen-bond acceptors (Lipinski definition) is 3. The summed E-state index contributed by atoms with van der Waals surface area (Å²) in [7, 11) is 0. The first-order chi connectivity index (χ1) is 12.8. The van der Waals surface area contributed by atoms with E-state index in [-0.39, 0.29) is 11.3 Å². The van der Waals surface area contributed by atoms with Gasteiger partial charge in [-0.1, -0.05) is 36.8 Å². The number of pyridine rings is 1. The van der Waals surface area contributed by atoms with Crippen LogP contribution in [0.15, 0.2) is 54.9 Å². The smallest absolute Gasteiger partial charge is 0.227 e. The second-order valence-electron chi connectivity index (χ2n) is 7.74. The number of hydrogen-bond donors (Lipinski definition) is 0. The zero-order valence-corrected chi connectivity index (χ0v) is 15.1. The summed E-state index contributed by atoms with van der Waals surface area (Å²) in [5.74, 6) is 0.832. The van der Waals surface area contributed by atoms with E-state index in [1.165, 1.54) is 19.3 Å². The molecule has 26 heavy (non-hydrogen) atoms. The van der Waals surface area contributed by atoms with Gasteiger partial charge in [-0.2, -0.15) is 0 Å². The minimum Gasteiger partial charge on any atom is -0.376 e. The maximum Gasteiger partial charge on any atom is 0.227 e. The second-order valence-corrected chi connectivity index (χ2v) is 7.74. The number of carbonyl (C=O) groups excluding carboxylic acids is 1. The molecule has 0 radical (unpaired) electrons. The van der Waals surface area contributed by atoms with Crippen molar-refractivity contribution in [3.63, 3.8) is 0 Å². The van der Waals surface area contributed by atoms with Gasteiger partial charge in [-0.25, -0.2) is 0 Å². The standard InChI is InChI=1S/C22H26N2O2/c25-21(13-18-5-2-1-3-6-18)24-14-20-7-4-10-22(20,16-24)17-26-15-19-8-11-23-12-9-19/h1-3,5-6,8-9,11-12,20H,4,7,10,13-17H2/t20-,22+/m0/s1. The Morgan fingerprint density at radius 1 is 1.15 bits per heavy atom. The van der Waals surface area contributed by atoms with E-state index >= 15 is 0 Å². The maximum absolute atomic E-state index is 12.8. The van der Waals surface area contributed by atoms with E-state index in [0.29, 0.717) is 18.9 Å². The van der Waals surface area contributed by atoms with Crippen molar-refractivity contribution < 1.29 is 9.53 Å². The largest absolute Gasteiger partial charge is 0.376 e. The number of aromatic nitrogens is 1. The van der Waals surface area contributed by atoms with Gasteiger partial charge in [0.05, 0.1) is 19.6 Å². The Labute approximate surface area is 155 Å². The fourth-order valence-corrected chi connectivity index (χ4v) is 4.57. The third-order valence-corrected chi connectivity index (χ3v) is 6.00. The van der Waals surface area contributed by atoms with Crippen molar-refractivity contribution >= 4 is 5.91 Å². The van der Waals surface area contributed by atoms with Crippen molar-refractivity contribution in [2.75, 3.05) is 19.7 Å². The highest BCUT2D eigenvalue weighted by Crippen LogP contribution is 2.49. The summed E-state index contributed by atoms with van der Waals surface area (Å²) in [6.45, 7) is 3.11. The molecule has 1 aliphatic heterocycles. The van der Waals surface area contributed by atoms with Crippen molar-refractivity contribution in [2.24, 2.45) is 11.3 Å². The second kappa shape index (κ2) is 7.58. The molecule has 1 aromatic heterocycles. The lowest BCUT2D eigenvalue weighted by molar-refractivity contribution is -0.130. The van der Waals surface area contributed by atoms with Gasteiger partial charge in [0.1, 0.15) is 0 Å². The molecule has 0 bridgehead atoms. The lowest BCUT2D eigenvalue weighted by Crippen LogP contribution is -2.35. The Hall–Kier alpha value is -2.20. The Balaban J connectivity index is 1.36. The molecule has 1 aliphatic carbocycles. The van der Waals surface area contributed by atoms with Crippen LogP contribution in [-0.4, -0.2) is 35.5 Å². The van der Waals surface area contributed by atoms with E-state index in [0.717, 1.165) is 30.8 Å². The van der Waals surface area contributed by atoms with Crippen molar-refractivity contribution in [1.82, 2.24) is 9.88 Å². The van der Waals surface area contributed by atoms with Crippen LogP contribution in [-0.2, 0) is 22.6 Å². The van der Waals surface area contributed by atoms with Crippen molar-refractivity contribution in [3.8, 4) is 0 Å². The van der Waals surface area contributed by atoms with Crippen LogP contribution in [0.3, 0.4) is 0 Å². The quantitative estimate of drug-likeness (QED) is 0.801. The minimum absolute atomic E-state index is 0.152. The monoisotopic (exact) mass is 350 g/mol. The first-order valence-electron chi connectivity index (χ1n) is 9.54. The predicted molar refractivity (Wildman–Crippen MR) is 100 cm³/mol. The lowest BCUT2D eigenvalue weighted by atomic mass is 9.81. The minimum atomic E-state index is 0.152. The molecule has 4 nitrogen and oxygen atoms in total. The summed E-state index contributed by atoms with van der Waals surface area (Å²) in [6.07, 6.45) is 7.74. The molecule has 1 saturated carbocycles. The molecular formula is C22H26N2O2. The Morgan fingerprint density at radius 3 is 2.77 bits per heavy atom. The molecule has 1 amide bonds. The van der Waals surface area contributed by atoms with E-state index in [2.05, 4.69) is 9.88 Å². The van der Waals surface area contributed by atoms with Crippen molar-refractivity contribution in [1.29, 1.82) is 0 Å².